The summed E-state index contributed by atoms with van der Waals surface area (Å²) >= 11 is 0. The van der Waals surface area contributed by atoms with Gasteiger partial charge in [-0.25, -0.2) is 0 Å². The van der Waals surface area contributed by atoms with Crippen molar-refractivity contribution in [1.82, 2.24) is 0 Å². The third-order valence-corrected chi connectivity index (χ3v) is 2.20. The summed E-state index contributed by atoms with van der Waals surface area (Å²) in [5.41, 5.74) is 5.26. The van der Waals surface area contributed by atoms with Gasteiger partial charge >= 0.3 is 0 Å². The number of rotatable bonds is 6. The summed E-state index contributed by atoms with van der Waals surface area (Å²) < 4.78 is 5.19. The average Bonchev–Trinajstić information content (AvgIpc) is 2.02. The molecule has 3 N–H and O–H groups in total. The Morgan fingerprint density at radius 2 is 2.00 bits per heavy atom. The molecular weight excluding hydrogens is 154 g/mol. The predicted octanol–water partition coefficient (Wildman–Crippen LogP) is 1.10. The first-order valence-corrected chi connectivity index (χ1v) is 4.56. The molecule has 74 valence electrons. The van der Waals surface area contributed by atoms with Crippen LogP contribution in [0.2, 0.25) is 0 Å². The number of aliphatic hydroxyl groups excluding tert-OH is 1. The van der Waals surface area contributed by atoms with E-state index in [9.17, 15) is 0 Å². The average molecular weight is 175 g/mol. The maximum atomic E-state index is 8.94. The smallest absolute Gasteiger partial charge is 0.104 e. The van der Waals surface area contributed by atoms with Gasteiger partial charge < -0.3 is 15.6 Å². The fourth-order valence-corrected chi connectivity index (χ4v) is 1.17. The van der Waals surface area contributed by atoms with Crippen molar-refractivity contribution < 1.29 is 9.84 Å². The van der Waals surface area contributed by atoms with Gasteiger partial charge in [0.2, 0.25) is 0 Å². The zero-order chi connectivity index (χ0) is 9.56. The van der Waals surface area contributed by atoms with Crippen LogP contribution >= 0.6 is 0 Å². The zero-order valence-electron chi connectivity index (χ0n) is 8.29. The molecule has 0 heterocycles. The molecule has 0 saturated carbocycles. The fraction of sp³-hybridized carbons (Fsp3) is 1.00. The first-order chi connectivity index (χ1) is 5.60. The molecule has 0 aromatic rings. The Morgan fingerprint density at radius 3 is 2.33 bits per heavy atom. The standard InChI is InChI=1S/C9H21NO2/c1-4-7(2)5-8(12-3)6-9(10)11/h7-9,11H,4-6,10H2,1-3H3/t7-,8-,9?/m0/s1. The summed E-state index contributed by atoms with van der Waals surface area (Å²) in [6, 6.07) is 0. The van der Waals surface area contributed by atoms with Crippen LogP contribution in [0.1, 0.15) is 33.1 Å². The van der Waals surface area contributed by atoms with E-state index in [1.165, 1.54) is 0 Å². The second-order valence-electron chi connectivity index (χ2n) is 3.41. The van der Waals surface area contributed by atoms with Crippen molar-refractivity contribution in [3.05, 3.63) is 0 Å². The van der Waals surface area contributed by atoms with E-state index in [1.54, 1.807) is 7.11 Å². The second-order valence-corrected chi connectivity index (χ2v) is 3.41. The minimum absolute atomic E-state index is 0.0972. The molecule has 0 aliphatic carbocycles. The Hall–Kier alpha value is -0.120. The normalized spacial score (nSPS) is 18.8. The Balaban J connectivity index is 3.66. The third kappa shape index (κ3) is 5.52. The van der Waals surface area contributed by atoms with Crippen molar-refractivity contribution in [3.8, 4) is 0 Å². The van der Waals surface area contributed by atoms with Crippen LogP contribution in [0, 0.1) is 5.92 Å². The molecule has 0 amide bonds. The molecule has 12 heavy (non-hydrogen) atoms. The Bertz CT molecular complexity index is 107. The minimum atomic E-state index is -0.751. The van der Waals surface area contributed by atoms with Gasteiger partial charge in [-0.05, 0) is 12.3 Å². The van der Waals surface area contributed by atoms with Crippen LogP contribution in [0.5, 0.6) is 0 Å². The molecule has 0 fully saturated rings. The second kappa shape index (κ2) is 6.40. The van der Waals surface area contributed by atoms with Gasteiger partial charge in [-0.3, -0.25) is 0 Å². The van der Waals surface area contributed by atoms with Crippen molar-refractivity contribution in [2.24, 2.45) is 11.7 Å². The number of hydrogen-bond donors (Lipinski definition) is 2. The van der Waals surface area contributed by atoms with Crippen molar-refractivity contribution in [3.63, 3.8) is 0 Å². The van der Waals surface area contributed by atoms with E-state index in [-0.39, 0.29) is 6.10 Å². The highest BCUT2D eigenvalue weighted by Crippen LogP contribution is 2.14. The van der Waals surface area contributed by atoms with E-state index in [1.807, 2.05) is 0 Å². The van der Waals surface area contributed by atoms with Crippen molar-refractivity contribution in [2.75, 3.05) is 7.11 Å². The van der Waals surface area contributed by atoms with Crippen LogP contribution in [0.3, 0.4) is 0 Å². The fourth-order valence-electron chi connectivity index (χ4n) is 1.17. The zero-order valence-corrected chi connectivity index (χ0v) is 8.29. The lowest BCUT2D eigenvalue weighted by atomic mass is 9.99. The van der Waals surface area contributed by atoms with Gasteiger partial charge in [0, 0.05) is 13.5 Å². The highest BCUT2D eigenvalue weighted by atomic mass is 16.5. The molecule has 3 atom stereocenters. The number of hydrogen-bond acceptors (Lipinski definition) is 3. The molecule has 0 saturated heterocycles. The summed E-state index contributed by atoms with van der Waals surface area (Å²) in [5, 5.41) is 8.94. The number of methoxy groups -OCH3 is 1. The van der Waals surface area contributed by atoms with E-state index >= 15 is 0 Å². The number of ether oxygens (including phenoxy) is 1. The molecule has 0 radical (unpaired) electrons. The highest BCUT2D eigenvalue weighted by molar-refractivity contribution is 4.64. The highest BCUT2D eigenvalue weighted by Gasteiger charge is 2.13. The summed E-state index contributed by atoms with van der Waals surface area (Å²) in [5.74, 6) is 0.633. The van der Waals surface area contributed by atoms with Gasteiger partial charge in [0.1, 0.15) is 6.23 Å². The monoisotopic (exact) mass is 175 g/mol. The maximum absolute atomic E-state index is 8.94. The summed E-state index contributed by atoms with van der Waals surface area (Å²) in [6.07, 6.45) is 1.99. The largest absolute Gasteiger partial charge is 0.381 e. The van der Waals surface area contributed by atoms with E-state index in [4.69, 9.17) is 15.6 Å². The van der Waals surface area contributed by atoms with Crippen molar-refractivity contribution in [2.45, 2.75) is 45.4 Å². The van der Waals surface area contributed by atoms with Gasteiger partial charge in [-0.2, -0.15) is 0 Å². The number of nitrogens with two attached hydrogens (primary N) is 1. The van der Waals surface area contributed by atoms with E-state index in [2.05, 4.69) is 13.8 Å². The SMILES string of the molecule is CC[C@H](C)C[C@@H](CC(N)O)OC. The van der Waals surface area contributed by atoms with E-state index in [0.29, 0.717) is 12.3 Å². The number of aliphatic hydroxyl groups is 1. The Morgan fingerprint density at radius 1 is 1.42 bits per heavy atom. The summed E-state index contributed by atoms with van der Waals surface area (Å²) in [4.78, 5) is 0. The van der Waals surface area contributed by atoms with Crippen molar-refractivity contribution in [1.29, 1.82) is 0 Å². The Kier molecular flexibility index (Phi) is 6.34. The Labute approximate surface area is 74.9 Å². The first kappa shape index (κ1) is 11.9. The molecule has 0 bridgehead atoms. The predicted molar refractivity (Wildman–Crippen MR) is 49.7 cm³/mol. The summed E-state index contributed by atoms with van der Waals surface area (Å²) in [7, 11) is 1.66. The van der Waals surface area contributed by atoms with Gasteiger partial charge in [0.15, 0.2) is 0 Å². The lowest BCUT2D eigenvalue weighted by Crippen LogP contribution is -2.27. The lowest BCUT2D eigenvalue weighted by molar-refractivity contribution is 0.0335. The summed E-state index contributed by atoms with van der Waals surface area (Å²) in [6.45, 7) is 4.32. The quantitative estimate of drug-likeness (QED) is 0.594. The molecule has 3 heteroatoms. The third-order valence-electron chi connectivity index (χ3n) is 2.20. The lowest BCUT2D eigenvalue weighted by Gasteiger charge is -2.19. The van der Waals surface area contributed by atoms with Gasteiger partial charge in [-0.15, -0.1) is 0 Å². The van der Waals surface area contributed by atoms with Crippen molar-refractivity contribution >= 4 is 0 Å². The van der Waals surface area contributed by atoms with Crippen LogP contribution < -0.4 is 5.73 Å². The molecule has 1 unspecified atom stereocenters. The molecule has 0 rings (SSSR count). The van der Waals surface area contributed by atoms with Crippen LogP contribution in [0.15, 0.2) is 0 Å². The van der Waals surface area contributed by atoms with Gasteiger partial charge in [0.25, 0.3) is 0 Å². The molecule has 0 spiro atoms. The molecule has 0 aliphatic heterocycles. The minimum Gasteiger partial charge on any atom is -0.381 e. The van der Waals surface area contributed by atoms with Gasteiger partial charge in [-0.1, -0.05) is 20.3 Å². The van der Waals surface area contributed by atoms with E-state index in [0.717, 1.165) is 12.8 Å². The molecule has 3 nitrogen and oxygen atoms in total. The van der Waals surface area contributed by atoms with Crippen LogP contribution in [-0.4, -0.2) is 24.5 Å². The van der Waals surface area contributed by atoms with Crippen LogP contribution in [0.25, 0.3) is 0 Å². The van der Waals surface area contributed by atoms with Gasteiger partial charge in [0.05, 0.1) is 6.10 Å². The molecular formula is C9H21NO2. The molecule has 0 aliphatic rings. The first-order valence-electron chi connectivity index (χ1n) is 4.56. The molecule has 0 aromatic heterocycles. The van der Waals surface area contributed by atoms with Crippen LogP contribution in [-0.2, 0) is 4.74 Å². The van der Waals surface area contributed by atoms with Crippen LogP contribution in [0.4, 0.5) is 0 Å². The molecule has 0 aromatic carbocycles. The topological polar surface area (TPSA) is 55.5 Å². The van der Waals surface area contributed by atoms with E-state index < -0.39 is 6.23 Å². The maximum Gasteiger partial charge on any atom is 0.104 e.